The van der Waals surface area contributed by atoms with Gasteiger partial charge >= 0.3 is 6.09 Å². The van der Waals surface area contributed by atoms with Crippen LogP contribution in [0.3, 0.4) is 0 Å². The number of carbonyl (C=O) groups excluding carboxylic acids is 1. The maximum absolute atomic E-state index is 11.0. The van der Waals surface area contributed by atoms with E-state index in [1.165, 1.54) is 0 Å². The minimum Gasteiger partial charge on any atom is -0.448 e. The fourth-order valence-electron chi connectivity index (χ4n) is 1.16. The number of amides is 1. The molecule has 3 nitrogen and oxygen atoms in total. The first kappa shape index (κ1) is 10.1. The maximum atomic E-state index is 11.0. The molecule has 0 aromatic heterocycles. The maximum Gasteiger partial charge on any atom is 0.410 e. The minimum absolute atomic E-state index is 0.186. The van der Waals surface area contributed by atoms with Crippen LogP contribution in [0.1, 0.15) is 20.3 Å². The number of ether oxygens (including phenoxy) is 1. The highest BCUT2D eigenvalue weighted by molar-refractivity contribution is 5.69. The molecule has 1 amide bonds. The number of carbonyl (C=O) groups is 1. The van der Waals surface area contributed by atoms with Gasteiger partial charge < -0.3 is 9.64 Å². The molecule has 0 bridgehead atoms. The predicted molar refractivity (Wildman–Crippen MR) is 51.5 cm³/mol. The third kappa shape index (κ3) is 3.49. The molecule has 1 aliphatic heterocycles. The SMILES string of the molecule is CC(C)C/C=C/CN1CCOC1=O. The van der Waals surface area contributed by atoms with Crippen molar-refractivity contribution in [2.75, 3.05) is 19.7 Å². The lowest BCUT2D eigenvalue weighted by molar-refractivity contribution is 0.161. The van der Waals surface area contributed by atoms with Crippen molar-refractivity contribution in [3.63, 3.8) is 0 Å². The van der Waals surface area contributed by atoms with Crippen molar-refractivity contribution >= 4 is 6.09 Å². The zero-order chi connectivity index (χ0) is 9.68. The summed E-state index contributed by atoms with van der Waals surface area (Å²) in [5.41, 5.74) is 0. The Morgan fingerprint density at radius 3 is 2.85 bits per heavy atom. The average Bonchev–Trinajstić information content (AvgIpc) is 2.45. The van der Waals surface area contributed by atoms with E-state index in [0.29, 0.717) is 19.1 Å². The fraction of sp³-hybridized carbons (Fsp3) is 0.700. The van der Waals surface area contributed by atoms with Crippen LogP contribution < -0.4 is 0 Å². The molecule has 1 rings (SSSR count). The summed E-state index contributed by atoms with van der Waals surface area (Å²) in [6.07, 6.45) is 5.04. The highest BCUT2D eigenvalue weighted by atomic mass is 16.6. The highest BCUT2D eigenvalue weighted by Crippen LogP contribution is 2.04. The molecular weight excluding hydrogens is 166 g/mol. The van der Waals surface area contributed by atoms with Gasteiger partial charge in [-0.05, 0) is 12.3 Å². The Morgan fingerprint density at radius 2 is 2.31 bits per heavy atom. The van der Waals surface area contributed by atoms with Crippen molar-refractivity contribution in [3.05, 3.63) is 12.2 Å². The van der Waals surface area contributed by atoms with Crippen LogP contribution in [-0.2, 0) is 4.74 Å². The van der Waals surface area contributed by atoms with E-state index >= 15 is 0 Å². The summed E-state index contributed by atoms with van der Waals surface area (Å²) in [5, 5.41) is 0. The van der Waals surface area contributed by atoms with E-state index in [-0.39, 0.29) is 6.09 Å². The summed E-state index contributed by atoms with van der Waals surface area (Å²) in [7, 11) is 0. The van der Waals surface area contributed by atoms with Crippen LogP contribution >= 0.6 is 0 Å². The molecule has 74 valence electrons. The van der Waals surface area contributed by atoms with Gasteiger partial charge in [0.1, 0.15) is 6.61 Å². The van der Waals surface area contributed by atoms with Gasteiger partial charge in [0.2, 0.25) is 0 Å². The monoisotopic (exact) mass is 183 g/mol. The van der Waals surface area contributed by atoms with E-state index in [0.717, 1.165) is 13.0 Å². The normalized spacial score (nSPS) is 17.5. The third-order valence-corrected chi connectivity index (χ3v) is 1.94. The lowest BCUT2D eigenvalue weighted by Gasteiger charge is -2.08. The number of nitrogens with zero attached hydrogens (tertiary/aromatic N) is 1. The Kier molecular flexibility index (Phi) is 3.80. The van der Waals surface area contributed by atoms with E-state index in [1.54, 1.807) is 4.90 Å². The molecule has 3 heteroatoms. The first-order valence-corrected chi connectivity index (χ1v) is 4.77. The molecule has 0 N–H and O–H groups in total. The van der Waals surface area contributed by atoms with Crippen LogP contribution in [0.15, 0.2) is 12.2 Å². The molecule has 0 unspecified atom stereocenters. The number of hydrogen-bond donors (Lipinski definition) is 0. The molecule has 0 saturated carbocycles. The predicted octanol–water partition coefficient (Wildman–Crippen LogP) is 2.04. The largest absolute Gasteiger partial charge is 0.448 e. The summed E-state index contributed by atoms with van der Waals surface area (Å²) in [5.74, 6) is 0.682. The molecule has 13 heavy (non-hydrogen) atoms. The smallest absolute Gasteiger partial charge is 0.410 e. The van der Waals surface area contributed by atoms with Gasteiger partial charge in [0, 0.05) is 6.54 Å². The summed E-state index contributed by atoms with van der Waals surface area (Å²) in [6.45, 7) is 6.30. The van der Waals surface area contributed by atoms with E-state index in [1.807, 2.05) is 6.08 Å². The molecule has 0 aromatic rings. The zero-order valence-electron chi connectivity index (χ0n) is 8.32. The number of rotatable bonds is 4. The van der Waals surface area contributed by atoms with Gasteiger partial charge in [0.25, 0.3) is 0 Å². The average molecular weight is 183 g/mol. The van der Waals surface area contributed by atoms with Crippen LogP contribution in [-0.4, -0.2) is 30.7 Å². The van der Waals surface area contributed by atoms with Crippen molar-refractivity contribution in [3.8, 4) is 0 Å². The third-order valence-electron chi connectivity index (χ3n) is 1.94. The van der Waals surface area contributed by atoms with Gasteiger partial charge in [-0.3, -0.25) is 0 Å². The molecule has 0 spiro atoms. The molecule has 1 heterocycles. The van der Waals surface area contributed by atoms with Crippen LogP contribution in [0, 0.1) is 5.92 Å². The van der Waals surface area contributed by atoms with Gasteiger partial charge in [-0.15, -0.1) is 0 Å². The second-order valence-electron chi connectivity index (χ2n) is 3.66. The van der Waals surface area contributed by atoms with Gasteiger partial charge in [0.05, 0.1) is 6.54 Å². The Hall–Kier alpha value is -0.990. The lowest BCUT2D eigenvalue weighted by atomic mass is 10.1. The molecule has 1 aliphatic rings. The van der Waals surface area contributed by atoms with Crippen molar-refractivity contribution < 1.29 is 9.53 Å². The summed E-state index contributed by atoms with van der Waals surface area (Å²) in [6, 6.07) is 0. The quantitative estimate of drug-likeness (QED) is 0.624. The molecule has 1 saturated heterocycles. The molecule has 0 atom stereocenters. The first-order valence-electron chi connectivity index (χ1n) is 4.77. The fourth-order valence-corrected chi connectivity index (χ4v) is 1.16. The molecular formula is C10H17NO2. The summed E-state index contributed by atoms with van der Waals surface area (Å²) >= 11 is 0. The Labute approximate surface area is 79.4 Å². The Bertz CT molecular complexity index is 199. The molecule has 0 aliphatic carbocycles. The number of hydrogen-bond acceptors (Lipinski definition) is 2. The van der Waals surface area contributed by atoms with Gasteiger partial charge in [-0.1, -0.05) is 26.0 Å². The standard InChI is InChI=1S/C10H17NO2/c1-9(2)5-3-4-6-11-7-8-13-10(11)12/h3-4,9H,5-8H2,1-2H3/b4-3+. The van der Waals surface area contributed by atoms with E-state index in [9.17, 15) is 4.79 Å². The van der Waals surface area contributed by atoms with Crippen molar-refractivity contribution in [2.24, 2.45) is 5.92 Å². The van der Waals surface area contributed by atoms with Crippen LogP contribution in [0.2, 0.25) is 0 Å². The van der Waals surface area contributed by atoms with Gasteiger partial charge in [-0.2, -0.15) is 0 Å². The van der Waals surface area contributed by atoms with Crippen LogP contribution in [0.5, 0.6) is 0 Å². The van der Waals surface area contributed by atoms with E-state index < -0.39 is 0 Å². The second kappa shape index (κ2) is 4.90. The van der Waals surface area contributed by atoms with Gasteiger partial charge in [-0.25, -0.2) is 4.79 Å². The number of allylic oxidation sites excluding steroid dienone is 1. The Morgan fingerprint density at radius 1 is 1.54 bits per heavy atom. The van der Waals surface area contributed by atoms with E-state index in [4.69, 9.17) is 4.74 Å². The molecule has 0 radical (unpaired) electrons. The van der Waals surface area contributed by atoms with E-state index in [2.05, 4.69) is 19.9 Å². The summed E-state index contributed by atoms with van der Waals surface area (Å²) in [4.78, 5) is 12.7. The van der Waals surface area contributed by atoms with Crippen LogP contribution in [0.25, 0.3) is 0 Å². The highest BCUT2D eigenvalue weighted by Gasteiger charge is 2.19. The van der Waals surface area contributed by atoms with Crippen molar-refractivity contribution in [1.29, 1.82) is 0 Å². The second-order valence-corrected chi connectivity index (χ2v) is 3.66. The topological polar surface area (TPSA) is 29.5 Å². The van der Waals surface area contributed by atoms with Gasteiger partial charge in [0.15, 0.2) is 0 Å². The van der Waals surface area contributed by atoms with Crippen LogP contribution in [0.4, 0.5) is 4.79 Å². The van der Waals surface area contributed by atoms with Crippen molar-refractivity contribution in [1.82, 2.24) is 4.90 Å². The number of cyclic esters (lactones) is 1. The Balaban J connectivity index is 2.18. The lowest BCUT2D eigenvalue weighted by Crippen LogP contribution is -2.23. The minimum atomic E-state index is -0.186. The van der Waals surface area contributed by atoms with Crippen molar-refractivity contribution in [2.45, 2.75) is 20.3 Å². The molecule has 1 fully saturated rings. The summed E-state index contributed by atoms with van der Waals surface area (Å²) < 4.78 is 4.80. The zero-order valence-corrected chi connectivity index (χ0v) is 8.32. The first-order chi connectivity index (χ1) is 6.20. The molecule has 0 aromatic carbocycles.